The zero-order valence-corrected chi connectivity index (χ0v) is 22.3. The minimum Gasteiger partial charge on any atom is -0.481 e. The molecular formula is C30H48O3. The van der Waals surface area contributed by atoms with Gasteiger partial charge >= 0.3 is 5.97 Å². The molecule has 0 aromatic heterocycles. The highest BCUT2D eigenvalue weighted by atomic mass is 16.4. The predicted octanol–water partition coefficient (Wildman–Crippen LogP) is 7.23. The van der Waals surface area contributed by atoms with E-state index in [0.29, 0.717) is 11.8 Å². The van der Waals surface area contributed by atoms with Crippen LogP contribution in [0.3, 0.4) is 0 Å². The van der Waals surface area contributed by atoms with Crippen LogP contribution in [0.1, 0.15) is 113 Å². The lowest BCUT2D eigenvalue weighted by atomic mass is 9.33. The number of carboxylic acid groups (broad SMARTS) is 1. The fourth-order valence-corrected chi connectivity index (χ4v) is 10.6. The Labute approximate surface area is 201 Å². The van der Waals surface area contributed by atoms with E-state index in [0.717, 1.165) is 51.4 Å². The molecule has 0 aliphatic heterocycles. The van der Waals surface area contributed by atoms with Gasteiger partial charge in [-0.3, -0.25) is 4.79 Å². The van der Waals surface area contributed by atoms with Crippen molar-refractivity contribution in [3.8, 4) is 0 Å². The minimum atomic E-state index is -0.553. The Hall–Kier alpha value is -0.830. The molecule has 5 rings (SSSR count). The lowest BCUT2D eigenvalue weighted by Gasteiger charge is -2.71. The van der Waals surface area contributed by atoms with Gasteiger partial charge in [0.05, 0.1) is 11.5 Å². The fourth-order valence-electron chi connectivity index (χ4n) is 10.6. The monoisotopic (exact) mass is 456 g/mol. The second-order valence-electron chi connectivity index (χ2n) is 15.1. The van der Waals surface area contributed by atoms with Gasteiger partial charge in [-0.2, -0.15) is 0 Å². The van der Waals surface area contributed by atoms with Crippen molar-refractivity contribution in [3.05, 3.63) is 11.6 Å². The molecule has 4 saturated carbocycles. The van der Waals surface area contributed by atoms with Crippen LogP contribution in [-0.4, -0.2) is 22.3 Å². The number of hydrogen-bond donors (Lipinski definition) is 2. The molecule has 4 fully saturated rings. The molecule has 0 radical (unpaired) electrons. The number of fused-ring (bicyclic) bond motifs is 7. The van der Waals surface area contributed by atoms with Gasteiger partial charge in [0, 0.05) is 0 Å². The normalized spacial score (nSPS) is 52.4. The van der Waals surface area contributed by atoms with E-state index in [1.165, 1.54) is 18.4 Å². The molecule has 3 nitrogen and oxygen atoms in total. The van der Waals surface area contributed by atoms with Gasteiger partial charge in [-0.25, -0.2) is 0 Å². The summed E-state index contributed by atoms with van der Waals surface area (Å²) < 4.78 is 0. The van der Waals surface area contributed by atoms with Crippen LogP contribution >= 0.6 is 0 Å². The smallest absolute Gasteiger partial charge is 0.310 e. The number of aliphatic hydroxyl groups is 1. The molecule has 3 heteroatoms. The Kier molecular flexibility index (Phi) is 4.99. The number of rotatable bonds is 1. The van der Waals surface area contributed by atoms with Gasteiger partial charge < -0.3 is 10.2 Å². The first-order valence-electron chi connectivity index (χ1n) is 13.8. The van der Waals surface area contributed by atoms with E-state index in [-0.39, 0.29) is 39.1 Å². The third-order valence-electron chi connectivity index (χ3n) is 13.0. The maximum Gasteiger partial charge on any atom is 0.310 e. The first kappa shape index (κ1) is 23.9. The molecule has 0 bridgehead atoms. The molecular weight excluding hydrogens is 408 g/mol. The Balaban J connectivity index is 1.60. The first-order chi connectivity index (χ1) is 15.1. The van der Waals surface area contributed by atoms with Gasteiger partial charge in [-0.1, -0.05) is 60.1 Å². The van der Waals surface area contributed by atoms with Crippen LogP contribution in [0.2, 0.25) is 0 Å². The second kappa shape index (κ2) is 6.89. The average molecular weight is 457 g/mol. The third-order valence-corrected chi connectivity index (χ3v) is 13.0. The molecule has 3 unspecified atom stereocenters. The molecule has 0 aromatic carbocycles. The summed E-state index contributed by atoms with van der Waals surface area (Å²) in [6.45, 7) is 16.9. The summed E-state index contributed by atoms with van der Waals surface area (Å²) in [4.78, 5) is 12.8. The van der Waals surface area contributed by atoms with Crippen molar-refractivity contribution in [2.45, 2.75) is 119 Å². The number of aliphatic hydroxyl groups excluding tert-OH is 1. The molecule has 0 aromatic rings. The maximum absolute atomic E-state index is 12.8. The molecule has 0 amide bonds. The Morgan fingerprint density at radius 1 is 0.879 bits per heavy atom. The van der Waals surface area contributed by atoms with E-state index < -0.39 is 11.4 Å². The summed E-state index contributed by atoms with van der Waals surface area (Å²) >= 11 is 0. The van der Waals surface area contributed by atoms with Crippen molar-refractivity contribution in [3.63, 3.8) is 0 Å². The van der Waals surface area contributed by atoms with E-state index in [1.807, 2.05) is 0 Å². The first-order valence-corrected chi connectivity index (χ1v) is 13.8. The molecule has 0 heterocycles. The molecule has 8 atom stereocenters. The van der Waals surface area contributed by atoms with E-state index in [1.54, 1.807) is 0 Å². The fraction of sp³-hybridized carbons (Fsp3) is 0.900. The van der Waals surface area contributed by atoms with E-state index in [4.69, 9.17) is 0 Å². The van der Waals surface area contributed by atoms with Gasteiger partial charge in [-0.05, 0) is 109 Å². The standard InChI is InChI=1S/C30H48O3/c1-25(2)14-16-30(24(32)33)17-15-28(6)19(20(30)18-25)8-9-22-27(5)12-11-23(31)26(3,4)21(27)10-13-29(22,28)7/h8,20-23,31H,9-18H2,1-7H3,(H,32,33)/t20-,21-,22+,23-,27?,28+,29?,30?/m0/s1. The average Bonchev–Trinajstić information content (AvgIpc) is 2.71. The molecule has 0 saturated heterocycles. The van der Waals surface area contributed by atoms with Gasteiger partial charge in [0.2, 0.25) is 0 Å². The predicted molar refractivity (Wildman–Crippen MR) is 133 cm³/mol. The van der Waals surface area contributed by atoms with Crippen molar-refractivity contribution in [1.29, 1.82) is 0 Å². The molecule has 0 spiro atoms. The summed E-state index contributed by atoms with van der Waals surface area (Å²) in [6, 6.07) is 0. The van der Waals surface area contributed by atoms with Gasteiger partial charge in [0.1, 0.15) is 0 Å². The van der Waals surface area contributed by atoms with E-state index in [9.17, 15) is 15.0 Å². The highest BCUT2D eigenvalue weighted by Gasteiger charge is 2.69. The number of aliphatic carboxylic acids is 1. The third kappa shape index (κ3) is 2.87. The summed E-state index contributed by atoms with van der Waals surface area (Å²) in [5.74, 6) is 0.807. The highest BCUT2D eigenvalue weighted by molar-refractivity contribution is 5.76. The highest BCUT2D eigenvalue weighted by Crippen LogP contribution is 2.75. The molecule has 5 aliphatic rings. The van der Waals surface area contributed by atoms with Crippen LogP contribution in [0.15, 0.2) is 11.6 Å². The molecule has 2 N–H and O–H groups in total. The van der Waals surface area contributed by atoms with Crippen LogP contribution in [0.5, 0.6) is 0 Å². The number of hydrogen-bond acceptors (Lipinski definition) is 2. The van der Waals surface area contributed by atoms with E-state index >= 15 is 0 Å². The lowest BCUT2D eigenvalue weighted by molar-refractivity contribution is -0.205. The SMILES string of the molecule is CC1(C)CCC2(C(=O)O)CC[C@]3(C)C(=CC[C@@H]4C5(C)CC[C@H](O)C(C)(C)[C@@H]5CCC43C)[C@@H]2C1. The second-order valence-corrected chi connectivity index (χ2v) is 15.1. The summed E-state index contributed by atoms with van der Waals surface area (Å²) in [7, 11) is 0. The van der Waals surface area contributed by atoms with Crippen LogP contribution in [0.4, 0.5) is 0 Å². The number of carbonyl (C=O) groups is 1. The molecule has 5 aliphatic carbocycles. The van der Waals surface area contributed by atoms with Crippen molar-refractivity contribution in [2.75, 3.05) is 0 Å². The van der Waals surface area contributed by atoms with E-state index in [2.05, 4.69) is 54.5 Å². The maximum atomic E-state index is 12.8. The Morgan fingerprint density at radius 2 is 1.55 bits per heavy atom. The zero-order valence-electron chi connectivity index (χ0n) is 22.3. The van der Waals surface area contributed by atoms with Crippen LogP contribution < -0.4 is 0 Å². The van der Waals surface area contributed by atoms with Gasteiger partial charge in [0.25, 0.3) is 0 Å². The Bertz CT molecular complexity index is 885. The van der Waals surface area contributed by atoms with Crippen molar-refractivity contribution in [2.24, 2.45) is 50.2 Å². The number of carboxylic acids is 1. The minimum absolute atomic E-state index is 0.0301. The zero-order chi connectivity index (χ0) is 24.2. The summed E-state index contributed by atoms with van der Waals surface area (Å²) in [6.07, 6.45) is 12.6. The summed E-state index contributed by atoms with van der Waals surface area (Å²) in [5, 5.41) is 21.4. The van der Waals surface area contributed by atoms with Crippen LogP contribution in [0, 0.1) is 50.2 Å². The van der Waals surface area contributed by atoms with Crippen molar-refractivity contribution < 1.29 is 15.0 Å². The van der Waals surface area contributed by atoms with Crippen molar-refractivity contribution >= 4 is 5.97 Å². The molecule has 186 valence electrons. The quantitative estimate of drug-likeness (QED) is 0.409. The van der Waals surface area contributed by atoms with Gasteiger partial charge in [-0.15, -0.1) is 0 Å². The summed E-state index contributed by atoms with van der Waals surface area (Å²) in [5.41, 5.74) is 1.68. The number of allylic oxidation sites excluding steroid dienone is 2. The molecule has 33 heavy (non-hydrogen) atoms. The van der Waals surface area contributed by atoms with Crippen LogP contribution in [-0.2, 0) is 4.79 Å². The topological polar surface area (TPSA) is 57.5 Å². The van der Waals surface area contributed by atoms with Crippen molar-refractivity contribution in [1.82, 2.24) is 0 Å². The van der Waals surface area contributed by atoms with Crippen LogP contribution in [0.25, 0.3) is 0 Å². The lowest BCUT2D eigenvalue weighted by Crippen LogP contribution is -2.65. The Morgan fingerprint density at radius 3 is 2.21 bits per heavy atom. The largest absolute Gasteiger partial charge is 0.481 e. The van der Waals surface area contributed by atoms with Gasteiger partial charge in [0.15, 0.2) is 0 Å².